The summed E-state index contributed by atoms with van der Waals surface area (Å²) in [6, 6.07) is 0.558. The number of hydrogen-bond donors (Lipinski definition) is 3. The Hall–Kier alpha value is -2.77. The van der Waals surface area contributed by atoms with Crippen LogP contribution in [0.15, 0.2) is 36.0 Å². The lowest BCUT2D eigenvalue weighted by molar-refractivity contribution is -0.158. The van der Waals surface area contributed by atoms with Crippen LogP contribution < -0.4 is 0 Å². The molecule has 306 valence electrons. The van der Waals surface area contributed by atoms with Gasteiger partial charge in [-0.15, -0.1) is 0 Å². The Morgan fingerprint density at radius 1 is 1.09 bits per heavy atom. The zero-order valence-electron chi connectivity index (χ0n) is 33.8. The Morgan fingerprint density at radius 2 is 1.76 bits per heavy atom. The van der Waals surface area contributed by atoms with Crippen molar-refractivity contribution in [1.82, 2.24) is 9.80 Å². The number of aliphatic hydroxyl groups is 3. The Kier molecular flexibility index (Phi) is 16.2. The molecule has 4 aliphatic rings. The predicted octanol–water partition coefficient (Wildman–Crippen LogP) is 5.62. The molecule has 0 bridgehead atoms. The van der Waals surface area contributed by atoms with E-state index in [9.17, 15) is 29.7 Å². The SMILES string of the molecule is CCC(O)C(C)C1OC1CC(C)(O)C=CC=C(C)C1OC(=O)CC(O)CCC(C)(OC(=O)N2CCN(C3CCCCCC3)CC2)C(OC(C)=O)/C=C\C1C. The average molecular weight is 761 g/mol. The van der Waals surface area contributed by atoms with Crippen LogP contribution in [0, 0.1) is 11.8 Å². The molecule has 3 fully saturated rings. The van der Waals surface area contributed by atoms with Crippen LogP contribution in [0.4, 0.5) is 4.79 Å². The number of cyclic esters (lactones) is 1. The molecule has 3 aliphatic heterocycles. The maximum absolute atomic E-state index is 13.7. The van der Waals surface area contributed by atoms with Crippen molar-refractivity contribution in [2.45, 2.75) is 173 Å². The van der Waals surface area contributed by atoms with Crippen molar-refractivity contribution in [1.29, 1.82) is 0 Å². The molecule has 2 saturated heterocycles. The van der Waals surface area contributed by atoms with Crippen molar-refractivity contribution in [3.63, 3.8) is 0 Å². The minimum Gasteiger partial charge on any atom is -0.457 e. The molecule has 4 rings (SSSR count). The summed E-state index contributed by atoms with van der Waals surface area (Å²) in [5.74, 6) is -1.54. The topological polar surface area (TPSA) is 159 Å². The number of ether oxygens (including phenoxy) is 4. The molecular formula is C42H68N2O10. The minimum atomic E-state index is -1.33. The maximum Gasteiger partial charge on any atom is 0.410 e. The third-order valence-electron chi connectivity index (χ3n) is 11.9. The van der Waals surface area contributed by atoms with Crippen LogP contribution in [0.3, 0.4) is 0 Å². The summed E-state index contributed by atoms with van der Waals surface area (Å²) < 4.78 is 23.7. The highest BCUT2D eigenvalue weighted by Gasteiger charge is 2.47. The number of rotatable bonds is 11. The summed E-state index contributed by atoms with van der Waals surface area (Å²) in [6.45, 7) is 14.9. The van der Waals surface area contributed by atoms with E-state index in [2.05, 4.69) is 4.90 Å². The van der Waals surface area contributed by atoms with Crippen LogP contribution in [-0.4, -0.2) is 123 Å². The number of carbonyl (C=O) groups excluding carboxylic acids is 3. The van der Waals surface area contributed by atoms with Gasteiger partial charge in [0, 0.05) is 57.4 Å². The number of piperazine rings is 1. The normalized spacial score (nSPS) is 34.0. The Morgan fingerprint density at radius 3 is 2.39 bits per heavy atom. The van der Waals surface area contributed by atoms with E-state index in [1.807, 2.05) is 27.7 Å². The molecule has 0 aromatic rings. The molecule has 0 aromatic carbocycles. The highest BCUT2D eigenvalue weighted by molar-refractivity contribution is 5.71. The smallest absolute Gasteiger partial charge is 0.410 e. The second kappa shape index (κ2) is 19.9. The third-order valence-corrected chi connectivity index (χ3v) is 11.9. The van der Waals surface area contributed by atoms with E-state index >= 15 is 0 Å². The first-order chi connectivity index (χ1) is 25.5. The summed E-state index contributed by atoms with van der Waals surface area (Å²) in [5.41, 5.74) is -1.80. The minimum absolute atomic E-state index is 0.0207. The number of amides is 1. The Balaban J connectivity index is 1.47. The number of aliphatic hydroxyl groups excluding tert-OH is 2. The lowest BCUT2D eigenvalue weighted by Gasteiger charge is -2.41. The van der Waals surface area contributed by atoms with Crippen LogP contribution >= 0.6 is 0 Å². The quantitative estimate of drug-likeness (QED) is 0.0600. The number of esters is 2. The highest BCUT2D eigenvalue weighted by Crippen LogP contribution is 2.38. The van der Waals surface area contributed by atoms with Crippen molar-refractivity contribution >= 4 is 18.0 Å². The summed E-state index contributed by atoms with van der Waals surface area (Å²) in [6.07, 6.45) is 13.2. The number of epoxide rings is 1. The summed E-state index contributed by atoms with van der Waals surface area (Å²) in [4.78, 5) is 43.4. The lowest BCUT2D eigenvalue weighted by atomic mass is 9.88. The molecular weight excluding hydrogens is 692 g/mol. The fraction of sp³-hybridized carbons (Fsp3) is 0.786. The average Bonchev–Trinajstić information content (AvgIpc) is 3.93. The van der Waals surface area contributed by atoms with E-state index in [-0.39, 0.29) is 37.4 Å². The summed E-state index contributed by atoms with van der Waals surface area (Å²) in [7, 11) is 0. The van der Waals surface area contributed by atoms with E-state index < -0.39 is 59.6 Å². The first-order valence-corrected chi connectivity index (χ1v) is 20.4. The number of allylic oxidation sites excluding steroid dienone is 2. The van der Waals surface area contributed by atoms with Crippen molar-refractivity contribution in [2.75, 3.05) is 26.2 Å². The van der Waals surface area contributed by atoms with Gasteiger partial charge in [-0.3, -0.25) is 14.5 Å². The fourth-order valence-electron chi connectivity index (χ4n) is 8.24. The molecule has 0 radical (unpaired) electrons. The lowest BCUT2D eigenvalue weighted by Crippen LogP contribution is -2.54. The first kappa shape index (κ1) is 44.0. The second-order valence-corrected chi connectivity index (χ2v) is 16.7. The van der Waals surface area contributed by atoms with Crippen LogP contribution in [0.1, 0.15) is 119 Å². The van der Waals surface area contributed by atoms with Gasteiger partial charge in [0.15, 0.2) is 11.7 Å². The highest BCUT2D eigenvalue weighted by atomic mass is 16.6. The van der Waals surface area contributed by atoms with Crippen molar-refractivity contribution < 1.29 is 48.7 Å². The molecule has 54 heavy (non-hydrogen) atoms. The summed E-state index contributed by atoms with van der Waals surface area (Å²) >= 11 is 0. The van der Waals surface area contributed by atoms with E-state index in [1.165, 1.54) is 45.4 Å². The third kappa shape index (κ3) is 12.9. The van der Waals surface area contributed by atoms with Gasteiger partial charge in [0.05, 0.1) is 36.4 Å². The van der Waals surface area contributed by atoms with Gasteiger partial charge in [-0.05, 0) is 64.5 Å². The van der Waals surface area contributed by atoms with Gasteiger partial charge in [0.1, 0.15) is 6.10 Å². The monoisotopic (exact) mass is 760 g/mol. The van der Waals surface area contributed by atoms with Crippen LogP contribution in [0.5, 0.6) is 0 Å². The predicted molar refractivity (Wildman–Crippen MR) is 205 cm³/mol. The van der Waals surface area contributed by atoms with E-state index in [4.69, 9.17) is 18.9 Å². The zero-order valence-corrected chi connectivity index (χ0v) is 33.8. The molecule has 12 nitrogen and oxygen atoms in total. The molecule has 3 heterocycles. The number of carbonyl (C=O) groups is 3. The molecule has 0 aromatic heterocycles. The van der Waals surface area contributed by atoms with Gasteiger partial charge in [0.2, 0.25) is 0 Å². The van der Waals surface area contributed by atoms with Gasteiger partial charge >= 0.3 is 18.0 Å². The van der Waals surface area contributed by atoms with Crippen LogP contribution in [0.25, 0.3) is 0 Å². The van der Waals surface area contributed by atoms with E-state index in [0.717, 1.165) is 13.1 Å². The molecule has 1 amide bonds. The number of hydrogen-bond acceptors (Lipinski definition) is 11. The standard InChI is InChI=1S/C42H68N2O10/c1-8-34(47)30(4)39-35(52-39)27-41(6,50)20-13-14-28(2)38-29(3)17-18-36(51-31(5)45)42(7,21-19-33(46)26-37(48)53-38)54-40(49)44-24-22-43(23-25-44)32-15-11-9-10-12-16-32/h13-14,17-18,20,29-30,32-36,38-39,46-47,50H,8-12,15-16,19,21-27H2,1-7H3/b18-17-,20-13?,28-14?. The fourth-order valence-corrected chi connectivity index (χ4v) is 8.24. The first-order valence-electron chi connectivity index (χ1n) is 20.4. The van der Waals surface area contributed by atoms with Crippen LogP contribution in [0.2, 0.25) is 0 Å². The van der Waals surface area contributed by atoms with Gasteiger partial charge in [-0.2, -0.15) is 0 Å². The molecule has 1 aliphatic carbocycles. The van der Waals surface area contributed by atoms with Gasteiger partial charge in [-0.1, -0.05) is 70.8 Å². The largest absolute Gasteiger partial charge is 0.457 e. The van der Waals surface area contributed by atoms with Gasteiger partial charge in [0.25, 0.3) is 0 Å². The molecule has 12 heteroatoms. The Labute approximate surface area is 322 Å². The van der Waals surface area contributed by atoms with Crippen molar-refractivity contribution in [2.24, 2.45) is 11.8 Å². The Bertz CT molecular complexity index is 1330. The van der Waals surface area contributed by atoms with Gasteiger partial charge < -0.3 is 39.2 Å². The molecule has 1 saturated carbocycles. The number of nitrogens with zero attached hydrogens (tertiary/aromatic N) is 2. The van der Waals surface area contributed by atoms with Gasteiger partial charge in [-0.25, -0.2) is 4.79 Å². The molecule has 10 atom stereocenters. The summed E-state index contributed by atoms with van der Waals surface area (Å²) in [5, 5.41) is 32.2. The van der Waals surface area contributed by atoms with E-state index in [1.54, 1.807) is 49.1 Å². The second-order valence-electron chi connectivity index (χ2n) is 16.7. The van der Waals surface area contributed by atoms with Crippen LogP contribution in [-0.2, 0) is 28.5 Å². The van der Waals surface area contributed by atoms with Crippen molar-refractivity contribution in [3.8, 4) is 0 Å². The molecule has 10 unspecified atom stereocenters. The zero-order chi connectivity index (χ0) is 39.6. The van der Waals surface area contributed by atoms with E-state index in [0.29, 0.717) is 37.5 Å². The maximum atomic E-state index is 13.7. The molecule has 3 N–H and O–H groups in total. The molecule has 0 spiro atoms. The van der Waals surface area contributed by atoms with Crippen molar-refractivity contribution in [3.05, 3.63) is 36.0 Å².